The highest BCUT2D eigenvalue weighted by Crippen LogP contribution is 2.39. The summed E-state index contributed by atoms with van der Waals surface area (Å²) in [5, 5.41) is 13.6. The molecule has 4 nitrogen and oxygen atoms in total. The topological polar surface area (TPSA) is 55.1 Å². The second-order valence-electron chi connectivity index (χ2n) is 4.98. The van der Waals surface area contributed by atoms with Crippen molar-refractivity contribution in [1.29, 1.82) is 0 Å². The SMILES string of the molecule is CC(C)CC(C(=O)O)n1ccc(C2CC2)n1. The molecule has 1 fully saturated rings. The molecule has 2 rings (SSSR count). The molecular formula is C12H18N2O2. The number of rotatable bonds is 5. The van der Waals surface area contributed by atoms with Gasteiger partial charge in [0.25, 0.3) is 0 Å². The van der Waals surface area contributed by atoms with Crippen molar-refractivity contribution in [3.8, 4) is 0 Å². The summed E-state index contributed by atoms with van der Waals surface area (Å²) in [5.41, 5.74) is 1.05. The Kier molecular flexibility index (Phi) is 2.99. The lowest BCUT2D eigenvalue weighted by Gasteiger charge is -2.14. The number of carboxylic acids is 1. The first-order chi connectivity index (χ1) is 7.58. The summed E-state index contributed by atoms with van der Waals surface area (Å²) in [6.07, 6.45) is 4.81. The Balaban J connectivity index is 2.13. The average Bonchev–Trinajstić information content (AvgIpc) is 2.93. The highest BCUT2D eigenvalue weighted by atomic mass is 16.4. The van der Waals surface area contributed by atoms with Crippen LogP contribution >= 0.6 is 0 Å². The smallest absolute Gasteiger partial charge is 0.328 e. The van der Waals surface area contributed by atoms with Crippen LogP contribution in [0.15, 0.2) is 12.3 Å². The molecule has 1 saturated carbocycles. The number of nitrogens with zero attached hydrogens (tertiary/aromatic N) is 2. The molecule has 0 spiro atoms. The van der Waals surface area contributed by atoms with Crippen LogP contribution in [0.25, 0.3) is 0 Å². The minimum atomic E-state index is -0.792. The van der Waals surface area contributed by atoms with E-state index in [0.717, 1.165) is 5.69 Å². The number of carbonyl (C=O) groups is 1. The zero-order valence-corrected chi connectivity index (χ0v) is 9.76. The summed E-state index contributed by atoms with van der Waals surface area (Å²) in [5.74, 6) is 0.142. The fourth-order valence-electron chi connectivity index (χ4n) is 1.89. The second kappa shape index (κ2) is 4.28. The van der Waals surface area contributed by atoms with E-state index in [1.54, 1.807) is 10.9 Å². The summed E-state index contributed by atoms with van der Waals surface area (Å²) in [6, 6.07) is 1.43. The van der Waals surface area contributed by atoms with Crippen molar-refractivity contribution in [3.63, 3.8) is 0 Å². The molecular weight excluding hydrogens is 204 g/mol. The standard InChI is InChI=1S/C12H18N2O2/c1-8(2)7-11(12(15)16)14-6-5-10(13-14)9-3-4-9/h5-6,8-9,11H,3-4,7H2,1-2H3,(H,15,16). The average molecular weight is 222 g/mol. The molecule has 0 bridgehead atoms. The molecule has 0 radical (unpaired) electrons. The van der Waals surface area contributed by atoms with Crippen molar-refractivity contribution < 1.29 is 9.90 Å². The van der Waals surface area contributed by atoms with Gasteiger partial charge < -0.3 is 5.11 Å². The third-order valence-corrected chi connectivity index (χ3v) is 2.92. The van der Waals surface area contributed by atoms with Gasteiger partial charge in [-0.15, -0.1) is 0 Å². The number of aromatic nitrogens is 2. The van der Waals surface area contributed by atoms with Crippen molar-refractivity contribution in [2.45, 2.75) is 45.1 Å². The van der Waals surface area contributed by atoms with E-state index in [1.807, 2.05) is 19.9 Å². The summed E-state index contributed by atoms with van der Waals surface area (Å²) < 4.78 is 1.61. The molecule has 1 aromatic heterocycles. The zero-order valence-electron chi connectivity index (χ0n) is 9.76. The van der Waals surface area contributed by atoms with Gasteiger partial charge in [0.15, 0.2) is 0 Å². The lowest BCUT2D eigenvalue weighted by atomic mass is 10.0. The van der Waals surface area contributed by atoms with Crippen LogP contribution in [0, 0.1) is 5.92 Å². The number of hydrogen-bond donors (Lipinski definition) is 1. The molecule has 1 unspecified atom stereocenters. The van der Waals surface area contributed by atoms with Gasteiger partial charge in [0.1, 0.15) is 6.04 Å². The monoisotopic (exact) mass is 222 g/mol. The van der Waals surface area contributed by atoms with Crippen LogP contribution in [0.1, 0.15) is 50.8 Å². The van der Waals surface area contributed by atoms with E-state index >= 15 is 0 Å². The van der Waals surface area contributed by atoms with Gasteiger partial charge in [-0.1, -0.05) is 13.8 Å². The molecule has 1 N–H and O–H groups in total. The Morgan fingerprint density at radius 1 is 1.62 bits per heavy atom. The van der Waals surface area contributed by atoms with Gasteiger partial charge in [-0.05, 0) is 31.2 Å². The first-order valence-corrected chi connectivity index (χ1v) is 5.85. The third-order valence-electron chi connectivity index (χ3n) is 2.92. The van der Waals surface area contributed by atoms with Crippen LogP contribution in [0.4, 0.5) is 0 Å². The van der Waals surface area contributed by atoms with Crippen LogP contribution < -0.4 is 0 Å². The van der Waals surface area contributed by atoms with Gasteiger partial charge in [-0.3, -0.25) is 4.68 Å². The van der Waals surface area contributed by atoms with Crippen molar-refractivity contribution in [1.82, 2.24) is 9.78 Å². The van der Waals surface area contributed by atoms with Crippen LogP contribution in [-0.4, -0.2) is 20.9 Å². The number of aliphatic carboxylic acids is 1. The third kappa shape index (κ3) is 2.43. The predicted octanol–water partition coefficient (Wildman–Crippen LogP) is 2.43. The van der Waals surface area contributed by atoms with Crippen LogP contribution in [0.5, 0.6) is 0 Å². The Labute approximate surface area is 95.3 Å². The van der Waals surface area contributed by atoms with E-state index in [-0.39, 0.29) is 0 Å². The fraction of sp³-hybridized carbons (Fsp3) is 0.667. The first kappa shape index (κ1) is 11.2. The highest BCUT2D eigenvalue weighted by Gasteiger charge is 2.28. The summed E-state index contributed by atoms with van der Waals surface area (Å²) in [6.45, 7) is 4.06. The van der Waals surface area contributed by atoms with Crippen molar-refractivity contribution in [3.05, 3.63) is 18.0 Å². The first-order valence-electron chi connectivity index (χ1n) is 5.85. The molecule has 1 atom stereocenters. The van der Waals surface area contributed by atoms with Crippen molar-refractivity contribution >= 4 is 5.97 Å². The fourth-order valence-corrected chi connectivity index (χ4v) is 1.89. The van der Waals surface area contributed by atoms with Gasteiger partial charge in [-0.25, -0.2) is 4.79 Å². The van der Waals surface area contributed by atoms with E-state index in [9.17, 15) is 9.90 Å². The predicted molar refractivity (Wildman–Crippen MR) is 60.3 cm³/mol. The number of carboxylic acid groups (broad SMARTS) is 1. The summed E-state index contributed by atoms with van der Waals surface area (Å²) in [7, 11) is 0. The molecule has 88 valence electrons. The maximum atomic E-state index is 11.2. The summed E-state index contributed by atoms with van der Waals surface area (Å²) >= 11 is 0. The molecule has 16 heavy (non-hydrogen) atoms. The molecule has 0 aromatic carbocycles. The van der Waals surface area contributed by atoms with E-state index in [4.69, 9.17) is 0 Å². The lowest BCUT2D eigenvalue weighted by molar-refractivity contribution is -0.141. The molecule has 1 aliphatic rings. The molecule has 0 aliphatic heterocycles. The molecule has 4 heteroatoms. The normalized spacial score (nSPS) is 17.7. The quantitative estimate of drug-likeness (QED) is 0.832. The van der Waals surface area contributed by atoms with E-state index in [2.05, 4.69) is 5.10 Å². The van der Waals surface area contributed by atoms with Crippen LogP contribution in [-0.2, 0) is 4.79 Å². The van der Waals surface area contributed by atoms with Gasteiger partial charge in [-0.2, -0.15) is 5.10 Å². The van der Waals surface area contributed by atoms with Crippen LogP contribution in [0.3, 0.4) is 0 Å². The molecule has 0 saturated heterocycles. The van der Waals surface area contributed by atoms with Crippen LogP contribution in [0.2, 0.25) is 0 Å². The molecule has 1 heterocycles. The van der Waals surface area contributed by atoms with Gasteiger partial charge >= 0.3 is 5.97 Å². The molecule has 1 aliphatic carbocycles. The maximum Gasteiger partial charge on any atom is 0.328 e. The largest absolute Gasteiger partial charge is 0.480 e. The minimum absolute atomic E-state index is 0.356. The lowest BCUT2D eigenvalue weighted by Crippen LogP contribution is -2.21. The minimum Gasteiger partial charge on any atom is -0.480 e. The van der Waals surface area contributed by atoms with Gasteiger partial charge in [0.2, 0.25) is 0 Å². The van der Waals surface area contributed by atoms with E-state index < -0.39 is 12.0 Å². The van der Waals surface area contributed by atoms with Crippen molar-refractivity contribution in [2.75, 3.05) is 0 Å². The maximum absolute atomic E-state index is 11.2. The second-order valence-corrected chi connectivity index (χ2v) is 4.98. The number of hydrogen-bond acceptors (Lipinski definition) is 2. The summed E-state index contributed by atoms with van der Waals surface area (Å²) in [4.78, 5) is 11.2. The Morgan fingerprint density at radius 3 is 2.81 bits per heavy atom. The van der Waals surface area contributed by atoms with Gasteiger partial charge in [0.05, 0.1) is 5.69 Å². The molecule has 0 amide bonds. The van der Waals surface area contributed by atoms with Crippen molar-refractivity contribution in [2.24, 2.45) is 5.92 Å². The Morgan fingerprint density at radius 2 is 2.31 bits per heavy atom. The zero-order chi connectivity index (χ0) is 11.7. The molecule has 1 aromatic rings. The Hall–Kier alpha value is -1.32. The van der Waals surface area contributed by atoms with E-state index in [0.29, 0.717) is 18.3 Å². The Bertz CT molecular complexity index is 380. The van der Waals surface area contributed by atoms with Gasteiger partial charge in [0, 0.05) is 12.1 Å². The highest BCUT2D eigenvalue weighted by molar-refractivity contribution is 5.71. The van der Waals surface area contributed by atoms with E-state index in [1.165, 1.54) is 12.8 Å².